The number of amidine groups is 1. The summed E-state index contributed by atoms with van der Waals surface area (Å²) in [4.78, 5) is 24.3. The van der Waals surface area contributed by atoms with E-state index in [-0.39, 0.29) is 6.03 Å². The number of anilines is 3. The molecule has 2 amide bonds. The number of aliphatic imine (C=N–C) groups is 1. The molecule has 0 radical (unpaired) electrons. The first-order valence-corrected chi connectivity index (χ1v) is 10.9. The molecule has 1 saturated heterocycles. The summed E-state index contributed by atoms with van der Waals surface area (Å²) in [5, 5.41) is 10.0. The Hall–Kier alpha value is -4.07. The number of rotatable bonds is 4. The van der Waals surface area contributed by atoms with E-state index in [1.165, 1.54) is 0 Å². The first kappa shape index (κ1) is 20.8. The Morgan fingerprint density at radius 3 is 2.82 bits per heavy atom. The molecule has 3 aromatic rings. The molecule has 0 saturated carbocycles. The Kier molecular flexibility index (Phi) is 5.56. The first-order valence-electron chi connectivity index (χ1n) is 10.9. The van der Waals surface area contributed by atoms with Crippen LogP contribution in [0.4, 0.5) is 22.0 Å². The molecular weight excluding hydrogens is 416 g/mol. The average molecular weight is 443 g/mol. The molecular formula is C25H26N6O2. The van der Waals surface area contributed by atoms with Gasteiger partial charge in [0.25, 0.3) is 0 Å². The highest BCUT2D eigenvalue weighted by Gasteiger charge is 2.47. The van der Waals surface area contributed by atoms with E-state index in [0.29, 0.717) is 31.1 Å². The number of hydrogen-bond donors (Lipinski definition) is 3. The fraction of sp³-hybridized carbons (Fsp3) is 0.240. The van der Waals surface area contributed by atoms with Crippen molar-refractivity contribution in [1.29, 1.82) is 0 Å². The highest BCUT2D eigenvalue weighted by molar-refractivity contribution is 6.09. The van der Waals surface area contributed by atoms with Crippen LogP contribution in [-0.2, 0) is 6.54 Å². The van der Waals surface area contributed by atoms with E-state index in [9.17, 15) is 4.79 Å². The molecule has 3 heterocycles. The quantitative estimate of drug-likeness (QED) is 0.563. The number of likely N-dealkylation sites (tertiary alicyclic amines) is 1. The minimum Gasteiger partial charge on any atom is -0.495 e. The molecule has 2 aliphatic rings. The summed E-state index contributed by atoms with van der Waals surface area (Å²) in [6.45, 7) is 1.61. The Morgan fingerprint density at radius 2 is 1.97 bits per heavy atom. The van der Waals surface area contributed by atoms with Gasteiger partial charge in [-0.1, -0.05) is 42.5 Å². The number of nitrogens with one attached hydrogen (secondary N) is 3. The van der Waals surface area contributed by atoms with E-state index in [4.69, 9.17) is 9.73 Å². The summed E-state index contributed by atoms with van der Waals surface area (Å²) in [7, 11) is 1.59. The van der Waals surface area contributed by atoms with Gasteiger partial charge in [-0.3, -0.25) is 4.99 Å². The number of carbonyl (C=O) groups is 1. The van der Waals surface area contributed by atoms with Gasteiger partial charge in [-0.05, 0) is 36.2 Å². The number of methoxy groups -OCH3 is 1. The molecule has 0 unspecified atom stereocenters. The van der Waals surface area contributed by atoms with Crippen molar-refractivity contribution in [2.24, 2.45) is 4.99 Å². The zero-order chi connectivity index (χ0) is 22.7. The standard InChI is InChI=1S/C25H26N6O2/c1-33-21-12-6-5-10-19(21)28-24(32)31-15-13-25(17-31)23(27-16-18-8-3-2-4-9-18)29-22-20(30-25)11-7-14-26-22/h2-12,14,30H,13,15-17H2,1H3,(H,28,32)(H,26,27,29)/t25-/m1/s1. The van der Waals surface area contributed by atoms with Crippen molar-refractivity contribution in [3.8, 4) is 5.75 Å². The van der Waals surface area contributed by atoms with Gasteiger partial charge in [0.1, 0.15) is 17.1 Å². The van der Waals surface area contributed by atoms with Crippen molar-refractivity contribution < 1.29 is 9.53 Å². The molecule has 1 fully saturated rings. The molecule has 0 bridgehead atoms. The predicted molar refractivity (Wildman–Crippen MR) is 130 cm³/mol. The normalized spacial score (nSPS) is 20.2. The molecule has 8 heteroatoms. The zero-order valence-corrected chi connectivity index (χ0v) is 18.4. The van der Waals surface area contributed by atoms with Gasteiger partial charge in [0.15, 0.2) is 5.82 Å². The molecule has 5 rings (SSSR count). The molecule has 2 aliphatic heterocycles. The van der Waals surface area contributed by atoms with Crippen LogP contribution in [0.2, 0.25) is 0 Å². The summed E-state index contributed by atoms with van der Waals surface area (Å²) in [5.74, 6) is 2.17. The Labute approximate surface area is 192 Å². The number of ether oxygens (including phenoxy) is 1. The molecule has 1 aromatic heterocycles. The largest absolute Gasteiger partial charge is 0.495 e. The van der Waals surface area contributed by atoms with Crippen LogP contribution in [0.5, 0.6) is 5.75 Å². The number of fused-ring (bicyclic) bond motifs is 1. The third kappa shape index (κ3) is 4.19. The second-order valence-electron chi connectivity index (χ2n) is 8.18. The van der Waals surface area contributed by atoms with Gasteiger partial charge in [0.2, 0.25) is 0 Å². The van der Waals surface area contributed by atoms with Gasteiger partial charge < -0.3 is 25.6 Å². The van der Waals surface area contributed by atoms with Crippen molar-refractivity contribution >= 4 is 29.1 Å². The summed E-state index contributed by atoms with van der Waals surface area (Å²) in [5.41, 5.74) is 2.16. The molecule has 0 aliphatic carbocycles. The highest BCUT2D eigenvalue weighted by Crippen LogP contribution is 2.36. The Bertz CT molecular complexity index is 1180. The average Bonchev–Trinajstić information content (AvgIpc) is 3.28. The van der Waals surface area contributed by atoms with Gasteiger partial charge in [0, 0.05) is 12.7 Å². The van der Waals surface area contributed by atoms with E-state index in [1.54, 1.807) is 18.2 Å². The van der Waals surface area contributed by atoms with Crippen LogP contribution in [0.1, 0.15) is 12.0 Å². The number of nitrogens with zero attached hydrogens (tertiary/aromatic N) is 3. The van der Waals surface area contributed by atoms with Crippen molar-refractivity contribution in [2.75, 3.05) is 36.1 Å². The summed E-state index contributed by atoms with van der Waals surface area (Å²) in [6, 6.07) is 21.2. The second kappa shape index (κ2) is 8.82. The zero-order valence-electron chi connectivity index (χ0n) is 18.4. The topological polar surface area (TPSA) is 90.9 Å². The van der Waals surface area contributed by atoms with E-state index < -0.39 is 5.54 Å². The molecule has 2 aromatic carbocycles. The summed E-state index contributed by atoms with van der Waals surface area (Å²) >= 11 is 0. The molecule has 33 heavy (non-hydrogen) atoms. The number of para-hydroxylation sites is 2. The number of carbonyl (C=O) groups excluding carboxylic acids is 1. The van der Waals surface area contributed by atoms with Crippen LogP contribution in [0.25, 0.3) is 0 Å². The number of pyridine rings is 1. The lowest BCUT2D eigenvalue weighted by molar-refractivity contribution is 0.221. The molecule has 3 N–H and O–H groups in total. The number of amides is 2. The van der Waals surface area contributed by atoms with E-state index in [1.807, 2.05) is 54.6 Å². The van der Waals surface area contributed by atoms with Crippen molar-refractivity contribution in [2.45, 2.75) is 18.5 Å². The summed E-state index contributed by atoms with van der Waals surface area (Å²) in [6.07, 6.45) is 2.48. The van der Waals surface area contributed by atoms with Crippen molar-refractivity contribution in [3.63, 3.8) is 0 Å². The van der Waals surface area contributed by atoms with Gasteiger partial charge >= 0.3 is 6.03 Å². The Balaban J connectivity index is 1.39. The lowest BCUT2D eigenvalue weighted by Gasteiger charge is -2.38. The van der Waals surface area contributed by atoms with E-state index >= 15 is 0 Å². The van der Waals surface area contributed by atoms with Gasteiger partial charge in [-0.25, -0.2) is 9.78 Å². The van der Waals surface area contributed by atoms with Crippen LogP contribution in [-0.4, -0.2) is 47.5 Å². The predicted octanol–water partition coefficient (Wildman–Crippen LogP) is 4.20. The maximum atomic E-state index is 13.1. The number of urea groups is 1. The van der Waals surface area contributed by atoms with Gasteiger partial charge in [0.05, 0.1) is 31.6 Å². The number of hydrogen-bond acceptors (Lipinski definition) is 5. The lowest BCUT2D eigenvalue weighted by Crippen LogP contribution is -2.55. The SMILES string of the molecule is COc1ccccc1NC(=O)N1CC[C@]2(C1)Nc1cccnc1NC2=NCc1ccccc1. The van der Waals surface area contributed by atoms with E-state index in [2.05, 4.69) is 33.1 Å². The Morgan fingerprint density at radius 1 is 1.15 bits per heavy atom. The minimum atomic E-state index is -0.511. The van der Waals surface area contributed by atoms with Crippen LogP contribution in [0.15, 0.2) is 77.9 Å². The maximum absolute atomic E-state index is 13.1. The van der Waals surface area contributed by atoms with Gasteiger partial charge in [-0.2, -0.15) is 0 Å². The van der Waals surface area contributed by atoms with Gasteiger partial charge in [-0.15, -0.1) is 0 Å². The second-order valence-corrected chi connectivity index (χ2v) is 8.18. The molecule has 8 nitrogen and oxygen atoms in total. The van der Waals surface area contributed by atoms with Crippen LogP contribution >= 0.6 is 0 Å². The fourth-order valence-corrected chi connectivity index (χ4v) is 4.32. The van der Waals surface area contributed by atoms with Crippen LogP contribution in [0.3, 0.4) is 0 Å². The molecule has 1 atom stereocenters. The first-order chi connectivity index (χ1) is 16.2. The number of aromatic nitrogens is 1. The minimum absolute atomic E-state index is 0.169. The summed E-state index contributed by atoms with van der Waals surface area (Å²) < 4.78 is 5.37. The van der Waals surface area contributed by atoms with Crippen molar-refractivity contribution in [3.05, 3.63) is 78.5 Å². The molecule has 1 spiro atoms. The number of benzene rings is 2. The monoisotopic (exact) mass is 442 g/mol. The van der Waals surface area contributed by atoms with Crippen molar-refractivity contribution in [1.82, 2.24) is 9.88 Å². The lowest BCUT2D eigenvalue weighted by atomic mass is 9.93. The fourth-order valence-electron chi connectivity index (χ4n) is 4.32. The van der Waals surface area contributed by atoms with Crippen LogP contribution < -0.4 is 20.7 Å². The highest BCUT2D eigenvalue weighted by atomic mass is 16.5. The maximum Gasteiger partial charge on any atom is 0.322 e. The third-order valence-electron chi connectivity index (χ3n) is 6.04. The van der Waals surface area contributed by atoms with Crippen LogP contribution in [0, 0.1) is 0 Å². The third-order valence-corrected chi connectivity index (χ3v) is 6.04. The van der Waals surface area contributed by atoms with E-state index in [0.717, 1.165) is 29.3 Å². The molecule has 168 valence electrons. The smallest absolute Gasteiger partial charge is 0.322 e.